The van der Waals surface area contributed by atoms with Crippen LogP contribution in [-0.4, -0.2) is 59.8 Å². The minimum atomic E-state index is -0.153. The average molecular weight is 401 g/mol. The quantitative estimate of drug-likeness (QED) is 0.796. The van der Waals surface area contributed by atoms with Crippen LogP contribution in [0.3, 0.4) is 0 Å². The summed E-state index contributed by atoms with van der Waals surface area (Å²) in [4.78, 5) is 23.3. The zero-order valence-electron chi connectivity index (χ0n) is 15.7. The fraction of sp³-hybridized carbons (Fsp3) is 0.450. The first-order chi connectivity index (χ1) is 13.8. The number of carbonyl (C=O) groups is 1. The second-order valence-corrected chi connectivity index (χ2v) is 7.94. The summed E-state index contributed by atoms with van der Waals surface area (Å²) in [6, 6.07) is 7.45. The molecule has 0 aromatic carbocycles. The molecular formula is C20H24N4O3S. The van der Waals surface area contributed by atoms with Crippen LogP contribution in [0.15, 0.2) is 36.7 Å². The van der Waals surface area contributed by atoms with Crippen molar-refractivity contribution in [2.75, 3.05) is 42.7 Å². The van der Waals surface area contributed by atoms with Crippen molar-refractivity contribution in [2.24, 2.45) is 0 Å². The molecule has 0 radical (unpaired) electrons. The molecule has 2 aliphatic rings. The number of anilines is 1. The number of hydrogen-bond donors (Lipinski definition) is 1. The van der Waals surface area contributed by atoms with Gasteiger partial charge < -0.3 is 19.7 Å². The predicted octanol–water partition coefficient (Wildman–Crippen LogP) is 2.13. The number of nitrogens with zero attached hydrogens (tertiary/aromatic N) is 3. The first kappa shape index (κ1) is 19.0. The van der Waals surface area contributed by atoms with E-state index in [9.17, 15) is 4.79 Å². The van der Waals surface area contributed by atoms with E-state index in [4.69, 9.17) is 9.47 Å². The number of amides is 1. The molecule has 2 saturated heterocycles. The van der Waals surface area contributed by atoms with Gasteiger partial charge in [0, 0.05) is 43.8 Å². The molecule has 0 aliphatic carbocycles. The van der Waals surface area contributed by atoms with Crippen LogP contribution in [0.25, 0.3) is 0 Å². The number of nitrogens with one attached hydrogen (secondary N) is 1. The van der Waals surface area contributed by atoms with Crippen LogP contribution in [0.2, 0.25) is 0 Å². The molecule has 0 bridgehead atoms. The van der Waals surface area contributed by atoms with E-state index < -0.39 is 0 Å². The molecule has 1 unspecified atom stereocenters. The second kappa shape index (κ2) is 9.25. The van der Waals surface area contributed by atoms with E-state index in [2.05, 4.69) is 20.2 Å². The highest BCUT2D eigenvalue weighted by Gasteiger charge is 2.18. The third kappa shape index (κ3) is 4.94. The van der Waals surface area contributed by atoms with Gasteiger partial charge in [-0.25, -0.2) is 9.97 Å². The van der Waals surface area contributed by atoms with Gasteiger partial charge in [0.25, 0.3) is 5.91 Å². The molecule has 148 valence electrons. The third-order valence-corrected chi connectivity index (χ3v) is 5.90. The van der Waals surface area contributed by atoms with Gasteiger partial charge in [0.2, 0.25) is 5.88 Å². The number of rotatable bonds is 6. The highest BCUT2D eigenvalue weighted by molar-refractivity contribution is 7.99. The molecule has 8 heteroatoms. The largest absolute Gasteiger partial charge is 0.473 e. The van der Waals surface area contributed by atoms with Crippen molar-refractivity contribution in [1.29, 1.82) is 0 Å². The summed E-state index contributed by atoms with van der Waals surface area (Å²) in [6.07, 6.45) is 4.62. The molecule has 0 saturated carbocycles. The van der Waals surface area contributed by atoms with Crippen molar-refractivity contribution in [3.63, 3.8) is 0 Å². The van der Waals surface area contributed by atoms with Crippen LogP contribution in [0.4, 0.5) is 5.82 Å². The van der Waals surface area contributed by atoms with Crippen LogP contribution in [-0.2, 0) is 11.3 Å². The lowest BCUT2D eigenvalue weighted by Crippen LogP contribution is -2.36. The molecule has 2 aromatic rings. The molecule has 7 nitrogen and oxygen atoms in total. The molecule has 4 rings (SSSR count). The summed E-state index contributed by atoms with van der Waals surface area (Å²) >= 11 is 1.89. The number of morpholine rings is 1. The maximum atomic E-state index is 12.4. The maximum Gasteiger partial charge on any atom is 0.253 e. The number of thioether (sulfide) groups is 1. The molecule has 4 heterocycles. The molecule has 0 spiro atoms. The lowest BCUT2D eigenvalue weighted by molar-refractivity contribution is 0.0950. The Morgan fingerprint density at radius 2 is 2.18 bits per heavy atom. The Balaban J connectivity index is 1.31. The van der Waals surface area contributed by atoms with Gasteiger partial charge in [-0.1, -0.05) is 0 Å². The SMILES string of the molecule is O=C(NCc1ccnc(N2CCOCC2)c1)c1ccc(OC2CCSC2)nc1. The van der Waals surface area contributed by atoms with Gasteiger partial charge in [-0.05, 0) is 35.9 Å². The monoisotopic (exact) mass is 400 g/mol. The summed E-state index contributed by atoms with van der Waals surface area (Å²) in [5.41, 5.74) is 1.53. The lowest BCUT2D eigenvalue weighted by atomic mass is 10.2. The summed E-state index contributed by atoms with van der Waals surface area (Å²) in [6.45, 7) is 3.55. The molecular weight excluding hydrogens is 376 g/mol. The van der Waals surface area contributed by atoms with E-state index in [0.29, 0.717) is 18.0 Å². The lowest BCUT2D eigenvalue weighted by Gasteiger charge is -2.28. The smallest absolute Gasteiger partial charge is 0.253 e. The molecule has 2 fully saturated rings. The summed E-state index contributed by atoms with van der Waals surface area (Å²) in [5.74, 6) is 3.48. The second-order valence-electron chi connectivity index (χ2n) is 6.79. The van der Waals surface area contributed by atoms with Crippen LogP contribution in [0.5, 0.6) is 5.88 Å². The van der Waals surface area contributed by atoms with E-state index >= 15 is 0 Å². The van der Waals surface area contributed by atoms with E-state index in [1.165, 1.54) is 0 Å². The van der Waals surface area contributed by atoms with Crippen LogP contribution in [0, 0.1) is 0 Å². The van der Waals surface area contributed by atoms with Gasteiger partial charge in [0.1, 0.15) is 11.9 Å². The number of pyridine rings is 2. The molecule has 2 aromatic heterocycles. The van der Waals surface area contributed by atoms with Gasteiger partial charge in [-0.15, -0.1) is 0 Å². The van der Waals surface area contributed by atoms with Crippen molar-refractivity contribution < 1.29 is 14.3 Å². The van der Waals surface area contributed by atoms with Crippen molar-refractivity contribution >= 4 is 23.5 Å². The summed E-state index contributed by atoms with van der Waals surface area (Å²) < 4.78 is 11.2. The Kier molecular flexibility index (Phi) is 6.28. The topological polar surface area (TPSA) is 76.6 Å². The van der Waals surface area contributed by atoms with Gasteiger partial charge in [0.05, 0.1) is 18.8 Å². The van der Waals surface area contributed by atoms with Crippen molar-refractivity contribution in [3.05, 3.63) is 47.8 Å². The van der Waals surface area contributed by atoms with Gasteiger partial charge in [0.15, 0.2) is 0 Å². The zero-order valence-corrected chi connectivity index (χ0v) is 16.5. The third-order valence-electron chi connectivity index (χ3n) is 4.77. The number of carbonyl (C=O) groups excluding carboxylic acids is 1. The first-order valence-corrected chi connectivity index (χ1v) is 10.7. The summed E-state index contributed by atoms with van der Waals surface area (Å²) in [7, 11) is 0. The highest BCUT2D eigenvalue weighted by atomic mass is 32.2. The Morgan fingerprint density at radius 1 is 1.29 bits per heavy atom. The van der Waals surface area contributed by atoms with Crippen LogP contribution < -0.4 is 15.0 Å². The van der Waals surface area contributed by atoms with E-state index in [0.717, 1.165) is 55.6 Å². The van der Waals surface area contributed by atoms with Crippen molar-refractivity contribution in [3.8, 4) is 5.88 Å². The van der Waals surface area contributed by atoms with E-state index in [1.54, 1.807) is 24.5 Å². The predicted molar refractivity (Wildman–Crippen MR) is 109 cm³/mol. The first-order valence-electron chi connectivity index (χ1n) is 9.54. The average Bonchev–Trinajstić information content (AvgIpc) is 3.26. The molecule has 1 atom stereocenters. The van der Waals surface area contributed by atoms with E-state index in [-0.39, 0.29) is 12.0 Å². The van der Waals surface area contributed by atoms with Crippen molar-refractivity contribution in [1.82, 2.24) is 15.3 Å². The Morgan fingerprint density at radius 3 is 2.93 bits per heavy atom. The Labute approximate surface area is 168 Å². The molecule has 2 aliphatic heterocycles. The molecule has 1 amide bonds. The summed E-state index contributed by atoms with van der Waals surface area (Å²) in [5, 5.41) is 2.94. The Bertz CT molecular complexity index is 790. The fourth-order valence-corrected chi connectivity index (χ4v) is 4.28. The number of hydrogen-bond acceptors (Lipinski definition) is 7. The van der Waals surface area contributed by atoms with Crippen molar-refractivity contribution in [2.45, 2.75) is 19.1 Å². The molecule has 28 heavy (non-hydrogen) atoms. The van der Waals surface area contributed by atoms with Gasteiger partial charge >= 0.3 is 0 Å². The Hall–Kier alpha value is -2.32. The van der Waals surface area contributed by atoms with Gasteiger partial charge in [-0.3, -0.25) is 4.79 Å². The number of aromatic nitrogens is 2. The normalized spacial score (nSPS) is 19.4. The zero-order chi connectivity index (χ0) is 19.2. The fourth-order valence-electron chi connectivity index (χ4n) is 3.18. The maximum absolute atomic E-state index is 12.4. The molecule has 1 N–H and O–H groups in total. The van der Waals surface area contributed by atoms with Crippen LogP contribution in [0.1, 0.15) is 22.3 Å². The standard InChI is InChI=1S/C20H24N4O3S/c25-20(16-1-2-19(22-13-16)27-17-4-10-28-14-17)23-12-15-3-5-21-18(11-15)24-6-8-26-9-7-24/h1-3,5,11,13,17H,4,6-10,12,14H2,(H,23,25). The van der Waals surface area contributed by atoms with E-state index in [1.807, 2.05) is 23.9 Å². The minimum Gasteiger partial charge on any atom is -0.473 e. The highest BCUT2D eigenvalue weighted by Crippen LogP contribution is 2.22. The number of ether oxygens (including phenoxy) is 2. The van der Waals surface area contributed by atoms with Crippen LogP contribution >= 0.6 is 11.8 Å². The van der Waals surface area contributed by atoms with Gasteiger partial charge in [-0.2, -0.15) is 11.8 Å². The minimum absolute atomic E-state index is 0.153.